The van der Waals surface area contributed by atoms with Crippen LogP contribution in [-0.2, 0) is 6.42 Å². The predicted octanol–water partition coefficient (Wildman–Crippen LogP) is 4.85. The summed E-state index contributed by atoms with van der Waals surface area (Å²) in [6, 6.07) is 10.3. The SMILES string of the molecule is C=CC(Cc1ccccc1)C(O)(C(C)(C)C)C(C)(C)C. The zero-order chi connectivity index (χ0) is 15.6. The number of benzene rings is 1. The number of aliphatic hydroxyl groups is 1. The van der Waals surface area contributed by atoms with Crippen LogP contribution >= 0.6 is 0 Å². The summed E-state index contributed by atoms with van der Waals surface area (Å²) in [5.74, 6) is 0.0184. The fourth-order valence-electron chi connectivity index (χ4n) is 3.51. The van der Waals surface area contributed by atoms with Crippen molar-refractivity contribution in [3.05, 3.63) is 48.6 Å². The highest BCUT2D eigenvalue weighted by molar-refractivity contribution is 5.19. The molecule has 1 nitrogen and oxygen atoms in total. The van der Waals surface area contributed by atoms with Crippen LogP contribution in [-0.4, -0.2) is 10.7 Å². The fraction of sp³-hybridized carbons (Fsp3) is 0.579. The zero-order valence-corrected chi connectivity index (χ0v) is 13.9. The van der Waals surface area contributed by atoms with Crippen molar-refractivity contribution < 1.29 is 5.11 Å². The van der Waals surface area contributed by atoms with E-state index in [4.69, 9.17) is 0 Å². The molecule has 0 aromatic heterocycles. The molecule has 0 radical (unpaired) electrons. The van der Waals surface area contributed by atoms with Crippen molar-refractivity contribution in [3.63, 3.8) is 0 Å². The van der Waals surface area contributed by atoms with Gasteiger partial charge in [0.2, 0.25) is 0 Å². The molecule has 0 heterocycles. The van der Waals surface area contributed by atoms with Gasteiger partial charge in [0.25, 0.3) is 0 Å². The molecule has 0 spiro atoms. The van der Waals surface area contributed by atoms with Crippen molar-refractivity contribution in [2.75, 3.05) is 0 Å². The molecule has 1 aromatic rings. The highest BCUT2D eigenvalue weighted by Gasteiger charge is 2.53. The van der Waals surface area contributed by atoms with Crippen molar-refractivity contribution >= 4 is 0 Å². The van der Waals surface area contributed by atoms with Crippen LogP contribution in [0.1, 0.15) is 47.1 Å². The summed E-state index contributed by atoms with van der Waals surface area (Å²) in [5.41, 5.74) is -0.0284. The minimum absolute atomic E-state index is 0.0184. The molecular weight excluding hydrogens is 244 g/mol. The third kappa shape index (κ3) is 3.15. The summed E-state index contributed by atoms with van der Waals surface area (Å²) in [6.45, 7) is 16.7. The molecule has 0 bridgehead atoms. The Balaban J connectivity index is 3.21. The molecule has 0 saturated carbocycles. The Labute approximate surface area is 124 Å². The average molecular weight is 274 g/mol. The molecule has 1 heteroatoms. The second-order valence-corrected chi connectivity index (χ2v) is 7.80. The molecule has 1 rings (SSSR count). The monoisotopic (exact) mass is 274 g/mol. The highest BCUT2D eigenvalue weighted by atomic mass is 16.3. The molecular formula is C19H30O. The van der Waals surface area contributed by atoms with Crippen molar-refractivity contribution in [2.45, 2.75) is 53.6 Å². The molecule has 112 valence electrons. The lowest BCUT2D eigenvalue weighted by Gasteiger charge is -2.53. The van der Waals surface area contributed by atoms with E-state index >= 15 is 0 Å². The van der Waals surface area contributed by atoms with Gasteiger partial charge in [-0.05, 0) is 22.8 Å². The normalized spacial score (nSPS) is 14.9. The minimum Gasteiger partial charge on any atom is -0.388 e. The third-order valence-corrected chi connectivity index (χ3v) is 4.41. The lowest BCUT2D eigenvalue weighted by atomic mass is 9.56. The number of hydrogen-bond acceptors (Lipinski definition) is 1. The van der Waals surface area contributed by atoms with Crippen molar-refractivity contribution in [2.24, 2.45) is 16.7 Å². The van der Waals surface area contributed by atoms with E-state index in [9.17, 15) is 5.11 Å². The van der Waals surface area contributed by atoms with Gasteiger partial charge in [0.15, 0.2) is 0 Å². The van der Waals surface area contributed by atoms with E-state index in [0.29, 0.717) is 0 Å². The lowest BCUT2D eigenvalue weighted by Crippen LogP contribution is -2.58. The van der Waals surface area contributed by atoms with Crippen molar-refractivity contribution in [1.82, 2.24) is 0 Å². The first kappa shape index (κ1) is 17.0. The Hall–Kier alpha value is -1.08. The topological polar surface area (TPSA) is 20.2 Å². The van der Waals surface area contributed by atoms with E-state index in [1.807, 2.05) is 24.3 Å². The van der Waals surface area contributed by atoms with E-state index in [2.05, 4.69) is 60.3 Å². The van der Waals surface area contributed by atoms with Gasteiger partial charge in [-0.3, -0.25) is 0 Å². The lowest BCUT2D eigenvalue weighted by molar-refractivity contribution is -0.164. The molecule has 0 aliphatic rings. The minimum atomic E-state index is -0.822. The van der Waals surface area contributed by atoms with E-state index in [-0.39, 0.29) is 16.7 Å². The Bertz CT molecular complexity index is 417. The molecule has 0 aliphatic heterocycles. The Morgan fingerprint density at radius 1 is 1.00 bits per heavy atom. The largest absolute Gasteiger partial charge is 0.388 e. The molecule has 0 fully saturated rings. The first-order valence-electron chi connectivity index (χ1n) is 7.43. The van der Waals surface area contributed by atoms with Gasteiger partial charge >= 0.3 is 0 Å². The van der Waals surface area contributed by atoms with Crippen LogP contribution in [0, 0.1) is 16.7 Å². The van der Waals surface area contributed by atoms with E-state index in [1.54, 1.807) is 0 Å². The third-order valence-electron chi connectivity index (χ3n) is 4.41. The molecule has 1 unspecified atom stereocenters. The van der Waals surface area contributed by atoms with Gasteiger partial charge in [-0.15, -0.1) is 6.58 Å². The highest BCUT2D eigenvalue weighted by Crippen LogP contribution is 2.49. The van der Waals surface area contributed by atoms with Gasteiger partial charge in [-0.2, -0.15) is 0 Å². The number of hydrogen-bond donors (Lipinski definition) is 1. The molecule has 1 N–H and O–H groups in total. The van der Waals surface area contributed by atoms with Gasteiger partial charge in [-0.25, -0.2) is 0 Å². The Kier molecular flexibility index (Phi) is 4.86. The van der Waals surface area contributed by atoms with E-state index < -0.39 is 5.60 Å². The Morgan fingerprint density at radius 2 is 1.45 bits per heavy atom. The van der Waals surface area contributed by atoms with Crippen LogP contribution in [0.5, 0.6) is 0 Å². The van der Waals surface area contributed by atoms with Crippen LogP contribution in [0.25, 0.3) is 0 Å². The van der Waals surface area contributed by atoms with E-state index in [1.165, 1.54) is 5.56 Å². The maximum Gasteiger partial charge on any atom is 0.0808 e. The van der Waals surface area contributed by atoms with E-state index in [0.717, 1.165) is 6.42 Å². The smallest absolute Gasteiger partial charge is 0.0808 e. The second-order valence-electron chi connectivity index (χ2n) is 7.80. The molecule has 1 atom stereocenters. The summed E-state index contributed by atoms with van der Waals surface area (Å²) in [7, 11) is 0. The Morgan fingerprint density at radius 3 is 1.80 bits per heavy atom. The van der Waals surface area contributed by atoms with Crippen LogP contribution in [0.4, 0.5) is 0 Å². The standard InChI is InChI=1S/C19H30O/c1-8-16(14-15-12-10-9-11-13-15)19(20,17(2,3)4)18(5,6)7/h8-13,16,20H,1,14H2,2-7H3. The van der Waals surface area contributed by atoms with Gasteiger partial charge in [0.05, 0.1) is 5.60 Å². The van der Waals surface area contributed by atoms with Gasteiger partial charge in [-0.1, -0.05) is 78.0 Å². The second kappa shape index (κ2) is 5.73. The quantitative estimate of drug-likeness (QED) is 0.778. The van der Waals surface area contributed by atoms with Gasteiger partial charge in [0.1, 0.15) is 0 Å². The van der Waals surface area contributed by atoms with Crippen LogP contribution in [0.3, 0.4) is 0 Å². The zero-order valence-electron chi connectivity index (χ0n) is 13.9. The maximum atomic E-state index is 11.5. The average Bonchev–Trinajstić information content (AvgIpc) is 2.33. The summed E-state index contributed by atoms with van der Waals surface area (Å²) in [4.78, 5) is 0. The maximum absolute atomic E-state index is 11.5. The molecule has 20 heavy (non-hydrogen) atoms. The summed E-state index contributed by atoms with van der Waals surface area (Å²) >= 11 is 0. The van der Waals surface area contributed by atoms with Crippen LogP contribution in [0.15, 0.2) is 43.0 Å². The molecule has 1 aromatic carbocycles. The first-order chi connectivity index (χ1) is 9.04. The first-order valence-corrected chi connectivity index (χ1v) is 7.43. The summed E-state index contributed by atoms with van der Waals surface area (Å²) in [6.07, 6.45) is 2.74. The van der Waals surface area contributed by atoms with Gasteiger partial charge in [0, 0.05) is 5.92 Å². The van der Waals surface area contributed by atoms with Gasteiger partial charge < -0.3 is 5.11 Å². The van der Waals surface area contributed by atoms with Crippen molar-refractivity contribution in [3.8, 4) is 0 Å². The summed E-state index contributed by atoms with van der Waals surface area (Å²) < 4.78 is 0. The van der Waals surface area contributed by atoms with Crippen LogP contribution in [0.2, 0.25) is 0 Å². The van der Waals surface area contributed by atoms with Crippen molar-refractivity contribution in [1.29, 1.82) is 0 Å². The number of rotatable bonds is 4. The molecule has 0 amide bonds. The molecule has 0 aliphatic carbocycles. The predicted molar refractivity (Wildman–Crippen MR) is 87.7 cm³/mol. The van der Waals surface area contributed by atoms with Crippen LogP contribution < -0.4 is 0 Å². The molecule has 0 saturated heterocycles. The fourth-order valence-corrected chi connectivity index (χ4v) is 3.51. The summed E-state index contributed by atoms with van der Waals surface area (Å²) in [5, 5.41) is 11.5.